The number of halogens is 4. The second-order valence-electron chi connectivity index (χ2n) is 8.18. The van der Waals surface area contributed by atoms with Crippen LogP contribution in [-0.4, -0.2) is 17.3 Å². The van der Waals surface area contributed by atoms with Crippen LogP contribution >= 0.6 is 0 Å². The molecule has 1 aliphatic heterocycles. The highest BCUT2D eigenvalue weighted by Gasteiger charge is 2.52. The van der Waals surface area contributed by atoms with Crippen LogP contribution in [0.2, 0.25) is 0 Å². The summed E-state index contributed by atoms with van der Waals surface area (Å²) in [5, 5.41) is 12.2. The number of alkyl halides is 2. The van der Waals surface area contributed by atoms with Crippen LogP contribution in [0.25, 0.3) is 11.1 Å². The molecule has 1 saturated carbocycles. The molecule has 1 heterocycles. The molecule has 1 aliphatic carbocycles. The van der Waals surface area contributed by atoms with Crippen molar-refractivity contribution >= 4 is 11.6 Å². The topological polar surface area (TPSA) is 67.8 Å². The Morgan fingerprint density at radius 3 is 2.30 bits per heavy atom. The number of rotatable bonds is 4. The lowest BCUT2D eigenvalue weighted by Gasteiger charge is -2.17. The van der Waals surface area contributed by atoms with Crippen molar-refractivity contribution in [3.63, 3.8) is 0 Å². The number of aryl methyl sites for hydroxylation is 1. The van der Waals surface area contributed by atoms with Crippen LogP contribution in [0.1, 0.15) is 24.0 Å². The van der Waals surface area contributed by atoms with Gasteiger partial charge in [-0.3, -0.25) is 4.79 Å². The zero-order valence-corrected chi connectivity index (χ0v) is 17.2. The van der Waals surface area contributed by atoms with E-state index in [4.69, 9.17) is 0 Å². The fourth-order valence-corrected chi connectivity index (χ4v) is 4.00. The van der Waals surface area contributed by atoms with E-state index in [-0.39, 0.29) is 23.0 Å². The van der Waals surface area contributed by atoms with Crippen molar-refractivity contribution in [1.29, 1.82) is 0 Å². The largest absolute Gasteiger partial charge is 0.586 e. The molecule has 9 heteroatoms. The minimum Gasteiger partial charge on any atom is -0.503 e. The van der Waals surface area contributed by atoms with Crippen molar-refractivity contribution in [2.45, 2.75) is 31.5 Å². The molecule has 3 aromatic rings. The van der Waals surface area contributed by atoms with E-state index in [1.807, 2.05) is 0 Å². The lowest BCUT2D eigenvalue weighted by Crippen LogP contribution is -2.28. The number of carbonyl (C=O) groups is 1. The number of ether oxygens (including phenoxy) is 2. The minimum absolute atomic E-state index is 0.100. The molecular weight excluding hydrogens is 442 g/mol. The van der Waals surface area contributed by atoms with Crippen LogP contribution in [0.3, 0.4) is 0 Å². The van der Waals surface area contributed by atoms with Gasteiger partial charge in [0.05, 0.1) is 5.41 Å². The van der Waals surface area contributed by atoms with E-state index >= 15 is 0 Å². The van der Waals surface area contributed by atoms with E-state index in [0.717, 1.165) is 12.1 Å². The maximum absolute atomic E-state index is 13.8. The summed E-state index contributed by atoms with van der Waals surface area (Å²) in [6, 6.07) is 11.2. The highest BCUT2D eigenvalue weighted by atomic mass is 19.3. The van der Waals surface area contributed by atoms with Crippen LogP contribution < -0.4 is 14.8 Å². The summed E-state index contributed by atoms with van der Waals surface area (Å²) in [6.07, 6.45) is -2.71. The van der Waals surface area contributed by atoms with Gasteiger partial charge in [0.1, 0.15) is 0 Å². The Balaban J connectivity index is 1.42. The zero-order valence-electron chi connectivity index (χ0n) is 17.2. The Labute approximate surface area is 185 Å². The molecule has 1 fully saturated rings. The molecule has 0 atom stereocenters. The van der Waals surface area contributed by atoms with Crippen molar-refractivity contribution in [2.75, 3.05) is 5.32 Å². The summed E-state index contributed by atoms with van der Waals surface area (Å²) in [6.45, 7) is 1.74. The van der Waals surface area contributed by atoms with Gasteiger partial charge in [-0.1, -0.05) is 12.1 Å². The predicted molar refractivity (Wildman–Crippen MR) is 110 cm³/mol. The van der Waals surface area contributed by atoms with E-state index in [0.29, 0.717) is 35.2 Å². The predicted octanol–water partition coefficient (Wildman–Crippen LogP) is 5.64. The highest BCUT2D eigenvalue weighted by Crippen LogP contribution is 2.52. The van der Waals surface area contributed by atoms with E-state index in [9.17, 15) is 27.5 Å². The normalized spacial score (nSPS) is 17.0. The molecule has 0 radical (unpaired) electrons. The van der Waals surface area contributed by atoms with Crippen LogP contribution in [0, 0.1) is 18.6 Å². The molecule has 0 bridgehead atoms. The minimum atomic E-state index is -3.74. The lowest BCUT2D eigenvalue weighted by atomic mass is 9.94. The van der Waals surface area contributed by atoms with E-state index < -0.39 is 29.1 Å². The van der Waals surface area contributed by atoms with Crippen LogP contribution in [0.15, 0.2) is 48.5 Å². The third kappa shape index (κ3) is 3.63. The number of amides is 1. The molecule has 5 nitrogen and oxygen atoms in total. The van der Waals surface area contributed by atoms with E-state index in [1.165, 1.54) is 12.1 Å². The molecule has 2 N–H and O–H groups in total. The van der Waals surface area contributed by atoms with Crippen LogP contribution in [-0.2, 0) is 10.2 Å². The number of phenols is 1. The van der Waals surface area contributed by atoms with Gasteiger partial charge in [0.15, 0.2) is 28.9 Å². The molecule has 5 rings (SSSR count). The molecule has 0 aromatic heterocycles. The standard InChI is InChI=1S/C24H17F4NO4/c1-12-2-4-15(11-16(12)13-8-17(25)21(30)18(26)9-13)29-22(31)23(6-7-23)14-3-5-19-20(10-14)33-24(27,28)32-19/h2-5,8-11,30H,6-7H2,1H3,(H,29,31). The number of hydrogen-bond donors (Lipinski definition) is 2. The second kappa shape index (κ2) is 7.13. The maximum Gasteiger partial charge on any atom is 0.586 e. The number of anilines is 1. The number of nitrogens with one attached hydrogen (secondary N) is 1. The fourth-order valence-electron chi connectivity index (χ4n) is 4.00. The first-order chi connectivity index (χ1) is 15.6. The number of benzene rings is 3. The number of carbonyl (C=O) groups excluding carboxylic acids is 1. The number of aromatic hydroxyl groups is 1. The maximum atomic E-state index is 13.8. The SMILES string of the molecule is Cc1ccc(NC(=O)C2(c3ccc4c(c3)OC(F)(F)O4)CC2)cc1-c1cc(F)c(O)c(F)c1. The summed E-state index contributed by atoms with van der Waals surface area (Å²) in [7, 11) is 0. The average molecular weight is 459 g/mol. The van der Waals surface area contributed by atoms with Gasteiger partial charge < -0.3 is 19.9 Å². The third-order valence-corrected chi connectivity index (χ3v) is 5.96. The van der Waals surface area contributed by atoms with Crippen molar-refractivity contribution in [3.05, 3.63) is 71.3 Å². The fraction of sp³-hybridized carbons (Fsp3) is 0.208. The van der Waals surface area contributed by atoms with Gasteiger partial charge in [-0.2, -0.15) is 0 Å². The van der Waals surface area contributed by atoms with Crippen molar-refractivity contribution in [1.82, 2.24) is 0 Å². The molecule has 170 valence electrons. The van der Waals surface area contributed by atoms with Gasteiger partial charge in [0.2, 0.25) is 5.91 Å². The molecule has 2 aliphatic rings. The van der Waals surface area contributed by atoms with E-state index in [2.05, 4.69) is 14.8 Å². The average Bonchev–Trinajstić information content (AvgIpc) is 3.50. The Morgan fingerprint density at radius 2 is 1.64 bits per heavy atom. The quantitative estimate of drug-likeness (QED) is 0.496. The molecule has 0 saturated heterocycles. The van der Waals surface area contributed by atoms with Gasteiger partial charge in [-0.25, -0.2) is 8.78 Å². The van der Waals surface area contributed by atoms with Crippen LogP contribution in [0.5, 0.6) is 17.2 Å². The highest BCUT2D eigenvalue weighted by molar-refractivity contribution is 6.02. The molecule has 1 amide bonds. The van der Waals surface area contributed by atoms with Crippen molar-refractivity contribution < 1.29 is 36.9 Å². The first-order valence-corrected chi connectivity index (χ1v) is 10.1. The number of hydrogen-bond acceptors (Lipinski definition) is 4. The molecule has 0 unspecified atom stereocenters. The van der Waals surface area contributed by atoms with Gasteiger partial charge in [-0.15, -0.1) is 8.78 Å². The Morgan fingerprint density at radius 1 is 0.970 bits per heavy atom. The van der Waals surface area contributed by atoms with Gasteiger partial charge in [0.25, 0.3) is 0 Å². The number of fused-ring (bicyclic) bond motifs is 1. The van der Waals surface area contributed by atoms with Crippen LogP contribution in [0.4, 0.5) is 23.2 Å². The Hall–Kier alpha value is -3.75. The molecule has 3 aromatic carbocycles. The zero-order chi connectivity index (χ0) is 23.5. The third-order valence-electron chi connectivity index (χ3n) is 5.96. The molecule has 33 heavy (non-hydrogen) atoms. The lowest BCUT2D eigenvalue weighted by molar-refractivity contribution is -0.286. The van der Waals surface area contributed by atoms with Crippen molar-refractivity contribution in [2.24, 2.45) is 0 Å². The molecule has 0 spiro atoms. The summed E-state index contributed by atoms with van der Waals surface area (Å²) < 4.78 is 63.2. The summed E-state index contributed by atoms with van der Waals surface area (Å²) >= 11 is 0. The van der Waals surface area contributed by atoms with Gasteiger partial charge >= 0.3 is 6.29 Å². The monoisotopic (exact) mass is 459 g/mol. The molecular formula is C24H17F4NO4. The summed E-state index contributed by atoms with van der Waals surface area (Å²) in [5.41, 5.74) is 1.39. The van der Waals surface area contributed by atoms with Gasteiger partial charge in [-0.05, 0) is 78.4 Å². The Kier molecular flexibility index (Phi) is 4.56. The Bertz CT molecular complexity index is 1280. The smallest absolute Gasteiger partial charge is 0.503 e. The number of phenolic OH excluding ortho intramolecular Hbond substituents is 1. The first kappa shape index (κ1) is 21.1. The van der Waals surface area contributed by atoms with E-state index in [1.54, 1.807) is 31.2 Å². The summed E-state index contributed by atoms with van der Waals surface area (Å²) in [5.74, 6) is -3.82. The van der Waals surface area contributed by atoms with Gasteiger partial charge in [0, 0.05) is 5.69 Å². The van der Waals surface area contributed by atoms with Crippen molar-refractivity contribution in [3.8, 4) is 28.4 Å². The first-order valence-electron chi connectivity index (χ1n) is 10.1. The second-order valence-corrected chi connectivity index (χ2v) is 8.18. The summed E-state index contributed by atoms with van der Waals surface area (Å²) in [4.78, 5) is 13.1.